The van der Waals surface area contributed by atoms with Gasteiger partial charge in [0.25, 0.3) is 0 Å². The molecule has 0 fully saturated rings. The largest absolute Gasteiger partial charge is 0.507 e. The smallest absolute Gasteiger partial charge is 0.123 e. The molecule has 0 aliphatic carbocycles. The summed E-state index contributed by atoms with van der Waals surface area (Å²) in [5.41, 5.74) is 3.70. The topological polar surface area (TPSA) is 20.2 Å². The maximum absolute atomic E-state index is 10.8. The quantitative estimate of drug-likeness (QED) is 0.327. The molecule has 2 rings (SSSR count). The van der Waals surface area contributed by atoms with Crippen LogP contribution in [0.3, 0.4) is 0 Å². The summed E-state index contributed by atoms with van der Waals surface area (Å²) in [5, 5.41) is 10.8. The van der Waals surface area contributed by atoms with Crippen LogP contribution >= 0.6 is 45.5 Å². The molecule has 2 aromatic rings. The summed E-state index contributed by atoms with van der Waals surface area (Å²) in [4.78, 5) is 0. The van der Waals surface area contributed by atoms with E-state index in [4.69, 9.17) is 12.2 Å². The summed E-state index contributed by atoms with van der Waals surface area (Å²) < 4.78 is 1.81. The molecular weight excluding hydrogens is 348 g/mol. The van der Waals surface area contributed by atoms with E-state index >= 15 is 0 Å². The number of hydrogen-bond donors (Lipinski definition) is 2. The van der Waals surface area contributed by atoms with E-state index in [1.807, 2.05) is 0 Å². The molecule has 22 heavy (non-hydrogen) atoms. The zero-order chi connectivity index (χ0) is 16.9. The zero-order valence-corrected chi connectivity index (χ0v) is 17.1. The number of phenolic OH excluding ortho intramolecular Hbond substituents is 1. The number of thiol groups is 1. The third kappa shape index (κ3) is 3.42. The highest BCUT2D eigenvalue weighted by Crippen LogP contribution is 2.44. The molecule has 0 radical (unpaired) electrons. The van der Waals surface area contributed by atoms with E-state index in [0.717, 1.165) is 30.3 Å². The molecule has 5 heteroatoms. The molecule has 1 N–H and O–H groups in total. The lowest BCUT2D eigenvalue weighted by atomic mass is 9.78. The highest BCUT2D eigenvalue weighted by atomic mass is 32.9. The fourth-order valence-electron chi connectivity index (χ4n) is 2.41. The first kappa shape index (κ1) is 18.0. The van der Waals surface area contributed by atoms with Crippen LogP contribution in [0.25, 0.3) is 11.1 Å². The van der Waals surface area contributed by atoms with Crippen molar-refractivity contribution in [3.63, 3.8) is 0 Å². The standard InChI is InChI=1S/C17H22OS4/c1-16(2,3)10-7-9(12-14(19)21-22-15(12)20)8-11(13(10)18)17(4,5)6/h7-8,18-19H,1-6H3. The van der Waals surface area contributed by atoms with Crippen LogP contribution in [-0.4, -0.2) is 5.11 Å². The van der Waals surface area contributed by atoms with Crippen LogP contribution in [0.15, 0.2) is 16.3 Å². The fourth-order valence-corrected chi connectivity index (χ4v) is 5.52. The average molecular weight is 371 g/mol. The van der Waals surface area contributed by atoms with Gasteiger partial charge in [-0.1, -0.05) is 74.4 Å². The van der Waals surface area contributed by atoms with Crippen LogP contribution in [-0.2, 0) is 10.8 Å². The van der Waals surface area contributed by atoms with Gasteiger partial charge in [-0.25, -0.2) is 0 Å². The van der Waals surface area contributed by atoms with E-state index in [2.05, 4.69) is 66.3 Å². The SMILES string of the molecule is CC(C)(C)c1cc(-c2c(S)ssc2=S)cc(C(C)(C)C)c1O. The summed E-state index contributed by atoms with van der Waals surface area (Å²) in [6.07, 6.45) is 0. The van der Waals surface area contributed by atoms with Crippen molar-refractivity contribution >= 4 is 45.5 Å². The van der Waals surface area contributed by atoms with Crippen molar-refractivity contribution in [3.8, 4) is 16.9 Å². The summed E-state index contributed by atoms with van der Waals surface area (Å²) in [6.45, 7) is 12.7. The van der Waals surface area contributed by atoms with E-state index in [0.29, 0.717) is 5.75 Å². The summed E-state index contributed by atoms with van der Waals surface area (Å²) >= 11 is 10.0. The van der Waals surface area contributed by atoms with Gasteiger partial charge in [0.1, 0.15) is 9.57 Å². The number of hydrogen-bond acceptors (Lipinski definition) is 5. The third-order valence-corrected chi connectivity index (χ3v) is 7.32. The second kappa shape index (κ2) is 5.93. The number of rotatable bonds is 1. The molecule has 0 spiro atoms. The Balaban J connectivity index is 2.86. The molecule has 0 unspecified atom stereocenters. The second-order valence-electron chi connectivity index (χ2n) is 7.55. The van der Waals surface area contributed by atoms with Gasteiger partial charge in [0.2, 0.25) is 0 Å². The molecule has 0 aliphatic heterocycles. The Morgan fingerprint density at radius 1 is 0.955 bits per heavy atom. The third-order valence-electron chi connectivity index (χ3n) is 3.63. The molecule has 1 aromatic carbocycles. The normalized spacial score (nSPS) is 12.7. The lowest BCUT2D eigenvalue weighted by Crippen LogP contribution is -2.17. The number of phenols is 1. The molecule has 1 heterocycles. The van der Waals surface area contributed by atoms with E-state index < -0.39 is 0 Å². The van der Waals surface area contributed by atoms with Crippen molar-refractivity contribution in [1.29, 1.82) is 0 Å². The maximum atomic E-state index is 10.8. The van der Waals surface area contributed by atoms with Gasteiger partial charge in [0.15, 0.2) is 0 Å². The predicted molar refractivity (Wildman–Crippen MR) is 105 cm³/mol. The van der Waals surface area contributed by atoms with E-state index in [9.17, 15) is 5.11 Å². The lowest BCUT2D eigenvalue weighted by Gasteiger charge is -2.28. The zero-order valence-electron chi connectivity index (χ0n) is 13.8. The minimum atomic E-state index is -0.141. The Hall–Kier alpha value is -0.360. The van der Waals surface area contributed by atoms with Gasteiger partial charge < -0.3 is 5.11 Å². The van der Waals surface area contributed by atoms with E-state index in [1.165, 1.54) is 0 Å². The van der Waals surface area contributed by atoms with E-state index in [-0.39, 0.29) is 10.8 Å². The molecule has 0 atom stereocenters. The summed E-state index contributed by atoms with van der Waals surface area (Å²) in [7, 11) is 3.17. The minimum absolute atomic E-state index is 0.141. The Morgan fingerprint density at radius 3 is 1.73 bits per heavy atom. The van der Waals surface area contributed by atoms with E-state index in [1.54, 1.807) is 20.7 Å². The highest BCUT2D eigenvalue weighted by molar-refractivity contribution is 7.88. The Kier molecular flexibility index (Phi) is 4.85. The van der Waals surface area contributed by atoms with Crippen molar-refractivity contribution in [3.05, 3.63) is 27.1 Å². The van der Waals surface area contributed by atoms with Crippen molar-refractivity contribution in [2.45, 2.75) is 56.6 Å². The van der Waals surface area contributed by atoms with Gasteiger partial charge in [-0.2, -0.15) is 0 Å². The van der Waals surface area contributed by atoms with Gasteiger partial charge in [-0.15, -0.1) is 12.6 Å². The molecule has 120 valence electrons. The summed E-state index contributed by atoms with van der Waals surface area (Å²) in [6, 6.07) is 4.13. The molecule has 1 nitrogen and oxygen atoms in total. The highest BCUT2D eigenvalue weighted by Gasteiger charge is 2.27. The minimum Gasteiger partial charge on any atom is -0.507 e. The first-order valence-electron chi connectivity index (χ1n) is 7.13. The van der Waals surface area contributed by atoms with Crippen molar-refractivity contribution in [2.75, 3.05) is 0 Å². The van der Waals surface area contributed by atoms with Gasteiger partial charge in [-0.05, 0) is 28.5 Å². The van der Waals surface area contributed by atoms with Crippen molar-refractivity contribution in [2.24, 2.45) is 0 Å². The van der Waals surface area contributed by atoms with Crippen LogP contribution in [0.4, 0.5) is 0 Å². The van der Waals surface area contributed by atoms with Crippen LogP contribution < -0.4 is 0 Å². The molecule has 0 saturated heterocycles. The Morgan fingerprint density at radius 2 is 1.41 bits per heavy atom. The monoisotopic (exact) mass is 370 g/mol. The average Bonchev–Trinajstić information content (AvgIpc) is 2.67. The first-order valence-corrected chi connectivity index (χ1v) is 10.1. The number of aromatic hydroxyl groups is 1. The van der Waals surface area contributed by atoms with Gasteiger partial charge in [-0.3, -0.25) is 0 Å². The number of benzene rings is 1. The molecule has 0 amide bonds. The van der Waals surface area contributed by atoms with Gasteiger partial charge in [0.05, 0.1) is 4.21 Å². The Labute approximate surface area is 150 Å². The molecule has 0 bridgehead atoms. The molecule has 1 aromatic heterocycles. The molecule has 0 aliphatic rings. The van der Waals surface area contributed by atoms with Gasteiger partial charge >= 0.3 is 0 Å². The van der Waals surface area contributed by atoms with Crippen LogP contribution in [0.5, 0.6) is 5.75 Å². The first-order chi connectivity index (χ1) is 9.93. The second-order valence-corrected chi connectivity index (χ2v) is 11.1. The molecular formula is C17H22OS4. The van der Waals surface area contributed by atoms with Crippen LogP contribution in [0.2, 0.25) is 0 Å². The van der Waals surface area contributed by atoms with Crippen LogP contribution in [0.1, 0.15) is 52.7 Å². The lowest BCUT2D eigenvalue weighted by molar-refractivity contribution is 0.423. The molecule has 0 saturated carbocycles. The fraction of sp³-hybridized carbons (Fsp3) is 0.471. The predicted octanol–water partition coefficient (Wildman–Crippen LogP) is 6.80. The maximum Gasteiger partial charge on any atom is 0.123 e. The van der Waals surface area contributed by atoms with Gasteiger partial charge in [0, 0.05) is 16.7 Å². The van der Waals surface area contributed by atoms with Crippen molar-refractivity contribution < 1.29 is 5.11 Å². The van der Waals surface area contributed by atoms with Crippen LogP contribution in [0, 0.1) is 3.82 Å². The Bertz CT molecular complexity index is 719. The van der Waals surface area contributed by atoms with Crippen molar-refractivity contribution in [1.82, 2.24) is 0 Å². The summed E-state index contributed by atoms with van der Waals surface area (Å²) in [5.74, 6) is 0.397.